The summed E-state index contributed by atoms with van der Waals surface area (Å²) in [4.78, 5) is 14.3. The van der Waals surface area contributed by atoms with E-state index in [1.165, 1.54) is 6.21 Å². The molecule has 0 aliphatic carbocycles. The minimum absolute atomic E-state index is 0.00699. The van der Waals surface area contributed by atoms with Crippen molar-refractivity contribution in [3.05, 3.63) is 46.9 Å². The third-order valence-corrected chi connectivity index (χ3v) is 2.89. The van der Waals surface area contributed by atoms with E-state index in [-0.39, 0.29) is 11.8 Å². The van der Waals surface area contributed by atoms with Crippen LogP contribution in [0.2, 0.25) is 5.02 Å². The van der Waals surface area contributed by atoms with Gasteiger partial charge in [0.1, 0.15) is 0 Å². The largest absolute Gasteiger partial charge is 0.353 e. The van der Waals surface area contributed by atoms with Gasteiger partial charge in [-0.2, -0.15) is 9.97 Å². The minimum atomic E-state index is -0.528. The maximum Gasteiger partial charge on any atom is 0.347 e. The van der Waals surface area contributed by atoms with Gasteiger partial charge in [0, 0.05) is 24.8 Å². The predicted octanol–water partition coefficient (Wildman–Crippen LogP) is 3.29. The number of benzene rings is 1. The van der Waals surface area contributed by atoms with Crippen molar-refractivity contribution in [2.24, 2.45) is 5.16 Å². The molecular weight excluding hydrogens is 295 g/mol. The molecule has 0 saturated carbocycles. The van der Waals surface area contributed by atoms with E-state index >= 15 is 0 Å². The zero-order valence-corrected chi connectivity index (χ0v) is 12.4. The molecule has 0 spiro atoms. The maximum absolute atomic E-state index is 13.8. The van der Waals surface area contributed by atoms with Gasteiger partial charge < -0.3 is 9.74 Å². The van der Waals surface area contributed by atoms with Crippen LogP contribution >= 0.6 is 11.6 Å². The Labute approximate surface area is 127 Å². The first-order valence-electron chi connectivity index (χ1n) is 6.23. The molecule has 0 N–H and O–H groups in total. The Balaban J connectivity index is 2.17. The van der Waals surface area contributed by atoms with Gasteiger partial charge in [0.15, 0.2) is 11.6 Å². The first-order valence-corrected chi connectivity index (χ1v) is 6.61. The highest BCUT2D eigenvalue weighted by atomic mass is 35.5. The summed E-state index contributed by atoms with van der Waals surface area (Å²) in [6.07, 6.45) is 2.50. The van der Waals surface area contributed by atoms with Crippen molar-refractivity contribution in [1.82, 2.24) is 9.97 Å². The van der Waals surface area contributed by atoms with Crippen LogP contribution < -0.4 is 9.74 Å². The second-order valence-electron chi connectivity index (χ2n) is 4.26. The second kappa shape index (κ2) is 6.99. The minimum Gasteiger partial charge on any atom is -0.353 e. The van der Waals surface area contributed by atoms with Gasteiger partial charge in [-0.25, -0.2) is 4.39 Å². The van der Waals surface area contributed by atoms with Crippen LogP contribution in [0.5, 0.6) is 6.01 Å². The fraction of sp³-hybridized carbons (Fsp3) is 0.214. The molecule has 2 rings (SSSR count). The van der Waals surface area contributed by atoms with Gasteiger partial charge in [-0.3, -0.25) is 0 Å². The van der Waals surface area contributed by atoms with Crippen molar-refractivity contribution < 1.29 is 9.23 Å². The third kappa shape index (κ3) is 4.13. The second-order valence-corrected chi connectivity index (χ2v) is 4.70. The number of hydrogen-bond donors (Lipinski definition) is 0. The van der Waals surface area contributed by atoms with Crippen LogP contribution in [0, 0.1) is 5.82 Å². The van der Waals surface area contributed by atoms with E-state index in [1.54, 1.807) is 31.0 Å². The van der Waals surface area contributed by atoms with E-state index in [0.29, 0.717) is 11.6 Å². The van der Waals surface area contributed by atoms with Crippen LogP contribution in [-0.4, -0.2) is 23.2 Å². The molecule has 0 aliphatic rings. The molecule has 2 aromatic rings. The maximum atomic E-state index is 13.8. The summed E-state index contributed by atoms with van der Waals surface area (Å²) in [6, 6.07) is 7.30. The van der Waals surface area contributed by atoms with E-state index < -0.39 is 5.82 Å². The van der Waals surface area contributed by atoms with Gasteiger partial charge in [0.25, 0.3) is 0 Å². The quantitative estimate of drug-likeness (QED) is 0.628. The Bertz CT molecular complexity index is 633. The molecule has 5 nitrogen and oxygen atoms in total. The van der Waals surface area contributed by atoms with Gasteiger partial charge in [0.2, 0.25) is 0 Å². The Morgan fingerprint density at radius 3 is 2.76 bits per heavy atom. The van der Waals surface area contributed by atoms with Crippen molar-refractivity contribution in [3.63, 3.8) is 0 Å². The average Bonchev–Trinajstić information content (AvgIpc) is 2.48. The molecule has 0 amide bonds. The molecule has 110 valence electrons. The molecule has 0 atom stereocenters. The molecule has 0 bridgehead atoms. The highest BCUT2D eigenvalue weighted by molar-refractivity contribution is 6.30. The summed E-state index contributed by atoms with van der Waals surface area (Å²) in [7, 11) is 1.73. The summed E-state index contributed by atoms with van der Waals surface area (Å²) in [6.45, 7) is 2.17. The Hall–Kier alpha value is -2.21. The van der Waals surface area contributed by atoms with Crippen LogP contribution in [0.4, 0.5) is 10.2 Å². The number of hydrogen-bond acceptors (Lipinski definition) is 5. The van der Waals surface area contributed by atoms with Crippen LogP contribution in [0.25, 0.3) is 0 Å². The number of oxime groups is 1. The average molecular weight is 309 g/mol. The molecule has 0 fully saturated rings. The lowest BCUT2D eigenvalue weighted by molar-refractivity contribution is 0.313. The number of aromatic nitrogens is 2. The fourth-order valence-corrected chi connectivity index (χ4v) is 1.82. The highest BCUT2D eigenvalue weighted by Crippen LogP contribution is 2.20. The molecule has 1 aromatic carbocycles. The molecule has 0 aliphatic heterocycles. The van der Waals surface area contributed by atoms with E-state index in [1.807, 2.05) is 12.1 Å². The molecule has 1 heterocycles. The zero-order valence-electron chi connectivity index (χ0n) is 11.6. The topological polar surface area (TPSA) is 50.6 Å². The summed E-state index contributed by atoms with van der Waals surface area (Å²) < 4.78 is 13.8. The van der Waals surface area contributed by atoms with Crippen LogP contribution in [0.1, 0.15) is 12.5 Å². The molecule has 0 saturated heterocycles. The standard InChI is InChI=1S/C14H14ClFN4O/c1-3-18-21-14-17-8-12(16)13(19-14)20(2)9-10-4-6-11(15)7-5-10/h3-8H,9H2,1-2H3. The van der Waals surface area contributed by atoms with Crippen molar-refractivity contribution in [2.45, 2.75) is 13.5 Å². The Morgan fingerprint density at radius 2 is 2.10 bits per heavy atom. The van der Waals surface area contributed by atoms with Crippen LogP contribution in [0.3, 0.4) is 0 Å². The fourth-order valence-electron chi connectivity index (χ4n) is 1.69. The number of anilines is 1. The number of halogens is 2. The van der Waals surface area contributed by atoms with Crippen molar-refractivity contribution in [2.75, 3.05) is 11.9 Å². The number of nitrogens with zero attached hydrogens (tertiary/aromatic N) is 4. The van der Waals surface area contributed by atoms with E-state index in [0.717, 1.165) is 11.8 Å². The number of rotatable bonds is 5. The van der Waals surface area contributed by atoms with Crippen LogP contribution in [0.15, 0.2) is 35.6 Å². The van der Waals surface area contributed by atoms with Crippen molar-refractivity contribution in [3.8, 4) is 6.01 Å². The van der Waals surface area contributed by atoms with E-state index in [2.05, 4.69) is 15.1 Å². The lowest BCUT2D eigenvalue weighted by Crippen LogP contribution is -2.19. The predicted molar refractivity (Wildman–Crippen MR) is 80.3 cm³/mol. The molecule has 0 radical (unpaired) electrons. The first kappa shape index (κ1) is 15.2. The smallest absolute Gasteiger partial charge is 0.347 e. The van der Waals surface area contributed by atoms with Crippen LogP contribution in [-0.2, 0) is 6.54 Å². The van der Waals surface area contributed by atoms with Crippen molar-refractivity contribution in [1.29, 1.82) is 0 Å². The monoisotopic (exact) mass is 308 g/mol. The van der Waals surface area contributed by atoms with Gasteiger partial charge >= 0.3 is 6.01 Å². The molecule has 0 unspecified atom stereocenters. The van der Waals surface area contributed by atoms with Gasteiger partial charge in [0.05, 0.1) is 6.20 Å². The highest BCUT2D eigenvalue weighted by Gasteiger charge is 2.13. The lowest BCUT2D eigenvalue weighted by atomic mass is 10.2. The molecule has 1 aromatic heterocycles. The van der Waals surface area contributed by atoms with Gasteiger partial charge in [-0.1, -0.05) is 28.9 Å². The van der Waals surface area contributed by atoms with Gasteiger partial charge in [-0.05, 0) is 24.6 Å². The van der Waals surface area contributed by atoms with Crippen molar-refractivity contribution >= 4 is 23.6 Å². The lowest BCUT2D eigenvalue weighted by Gasteiger charge is -2.18. The molecule has 7 heteroatoms. The summed E-state index contributed by atoms with van der Waals surface area (Å²) in [5.41, 5.74) is 0.981. The van der Waals surface area contributed by atoms with Gasteiger partial charge in [-0.15, -0.1) is 0 Å². The Morgan fingerprint density at radius 1 is 1.38 bits per heavy atom. The summed E-state index contributed by atoms with van der Waals surface area (Å²) >= 11 is 5.84. The summed E-state index contributed by atoms with van der Waals surface area (Å²) in [5, 5.41) is 4.22. The Kier molecular flexibility index (Phi) is 5.05. The summed E-state index contributed by atoms with van der Waals surface area (Å²) in [5.74, 6) is -0.388. The molecular formula is C14H14ClFN4O. The zero-order chi connectivity index (χ0) is 15.2. The molecule has 21 heavy (non-hydrogen) atoms. The normalized spacial score (nSPS) is 10.9. The first-order chi connectivity index (χ1) is 10.1. The SMILES string of the molecule is CC=NOc1ncc(F)c(N(C)Cc2ccc(Cl)cc2)n1. The van der Waals surface area contributed by atoms with E-state index in [4.69, 9.17) is 16.4 Å². The third-order valence-electron chi connectivity index (χ3n) is 2.64. The van der Waals surface area contributed by atoms with E-state index in [9.17, 15) is 4.39 Å².